The summed E-state index contributed by atoms with van der Waals surface area (Å²) in [7, 11) is 1.32. The van der Waals surface area contributed by atoms with Crippen molar-refractivity contribution in [2.75, 3.05) is 7.11 Å². The second kappa shape index (κ2) is 8.25. The van der Waals surface area contributed by atoms with Gasteiger partial charge in [0.2, 0.25) is 6.10 Å². The van der Waals surface area contributed by atoms with E-state index >= 15 is 0 Å². The number of methoxy groups -OCH3 is 1. The second-order valence-electron chi connectivity index (χ2n) is 6.91. The van der Waals surface area contributed by atoms with Crippen molar-refractivity contribution in [2.24, 2.45) is 0 Å². The lowest BCUT2D eigenvalue weighted by atomic mass is 10.00. The van der Waals surface area contributed by atoms with Crippen LogP contribution in [0.4, 0.5) is 0 Å². The van der Waals surface area contributed by atoms with Gasteiger partial charge in [-0.25, -0.2) is 9.59 Å². The molecule has 3 aromatic carbocycles. The van der Waals surface area contributed by atoms with Crippen LogP contribution in [0.3, 0.4) is 0 Å². The Kier molecular flexibility index (Phi) is 5.35. The van der Waals surface area contributed by atoms with E-state index in [9.17, 15) is 9.59 Å². The van der Waals surface area contributed by atoms with Gasteiger partial charge in [-0.2, -0.15) is 0 Å². The van der Waals surface area contributed by atoms with Crippen LogP contribution in [0, 0.1) is 6.92 Å². The summed E-state index contributed by atoms with van der Waals surface area (Å²) in [5.41, 5.74) is 2.96. The average molecular weight is 400 g/mol. The Bertz CT molecular complexity index is 1240. The third-order valence-electron chi connectivity index (χ3n) is 4.80. The zero-order chi connectivity index (χ0) is 21.1. The van der Waals surface area contributed by atoms with Crippen molar-refractivity contribution >= 4 is 16.9 Å². The molecule has 0 aliphatic rings. The van der Waals surface area contributed by atoms with Crippen LogP contribution in [-0.4, -0.2) is 13.1 Å². The molecule has 0 amide bonds. The Morgan fingerprint density at radius 3 is 2.27 bits per heavy atom. The van der Waals surface area contributed by atoms with Crippen molar-refractivity contribution < 1.29 is 18.7 Å². The van der Waals surface area contributed by atoms with Crippen molar-refractivity contribution in [2.45, 2.75) is 13.0 Å². The number of benzene rings is 3. The van der Waals surface area contributed by atoms with E-state index in [4.69, 9.17) is 13.9 Å². The van der Waals surface area contributed by atoms with Gasteiger partial charge < -0.3 is 13.9 Å². The van der Waals surface area contributed by atoms with Gasteiger partial charge in [-0.1, -0.05) is 60.7 Å². The molecule has 0 unspecified atom stereocenters. The second-order valence-corrected chi connectivity index (χ2v) is 6.91. The Balaban J connectivity index is 1.94. The lowest BCUT2D eigenvalue weighted by Crippen LogP contribution is -2.20. The van der Waals surface area contributed by atoms with Gasteiger partial charge in [0, 0.05) is 17.2 Å². The van der Waals surface area contributed by atoms with Crippen LogP contribution in [0.2, 0.25) is 0 Å². The average Bonchev–Trinajstić information content (AvgIpc) is 2.77. The van der Waals surface area contributed by atoms with Gasteiger partial charge in [0.1, 0.15) is 11.3 Å². The summed E-state index contributed by atoms with van der Waals surface area (Å²) in [4.78, 5) is 24.7. The monoisotopic (exact) mass is 400 g/mol. The molecule has 150 valence electrons. The molecule has 5 nitrogen and oxygen atoms in total. The maximum Gasteiger partial charge on any atom is 0.351 e. The van der Waals surface area contributed by atoms with Crippen molar-refractivity contribution in [3.63, 3.8) is 0 Å². The molecule has 0 saturated heterocycles. The number of hydrogen-bond acceptors (Lipinski definition) is 5. The summed E-state index contributed by atoms with van der Waals surface area (Å²) < 4.78 is 16.7. The lowest BCUT2D eigenvalue weighted by molar-refractivity contribution is -0.149. The van der Waals surface area contributed by atoms with Crippen LogP contribution < -0.4 is 10.4 Å². The van der Waals surface area contributed by atoms with Crippen molar-refractivity contribution in [1.29, 1.82) is 0 Å². The van der Waals surface area contributed by atoms with Crippen LogP contribution >= 0.6 is 0 Å². The molecule has 0 N–H and O–H groups in total. The number of fused-ring (bicyclic) bond motifs is 1. The van der Waals surface area contributed by atoms with E-state index < -0.39 is 17.7 Å². The molecule has 0 aliphatic heterocycles. The predicted octanol–water partition coefficient (Wildman–Crippen LogP) is 5.06. The van der Waals surface area contributed by atoms with Gasteiger partial charge in [-0.3, -0.25) is 0 Å². The molecule has 0 radical (unpaired) electrons. The third-order valence-corrected chi connectivity index (χ3v) is 4.80. The van der Waals surface area contributed by atoms with E-state index in [1.54, 1.807) is 18.2 Å². The van der Waals surface area contributed by atoms with Crippen LogP contribution in [0.25, 0.3) is 22.1 Å². The number of aryl methyl sites for hydroxylation is 1. The quantitative estimate of drug-likeness (QED) is 0.346. The summed E-state index contributed by atoms with van der Waals surface area (Å²) in [6.07, 6.45) is -0.961. The summed E-state index contributed by atoms with van der Waals surface area (Å²) in [6.45, 7) is 1.87. The molecule has 1 atom stereocenters. The highest BCUT2D eigenvalue weighted by molar-refractivity contribution is 5.98. The van der Waals surface area contributed by atoms with Crippen LogP contribution in [0.15, 0.2) is 88.1 Å². The maximum absolute atomic E-state index is 12.5. The largest absolute Gasteiger partial charge is 0.473 e. The van der Waals surface area contributed by atoms with E-state index in [0.29, 0.717) is 27.8 Å². The van der Waals surface area contributed by atoms with Gasteiger partial charge in [0.25, 0.3) is 0 Å². The van der Waals surface area contributed by atoms with Gasteiger partial charge in [-0.05, 0) is 30.2 Å². The number of carbonyl (C=O) groups excluding carboxylic acids is 1. The molecule has 5 heteroatoms. The molecule has 30 heavy (non-hydrogen) atoms. The number of hydrogen-bond donors (Lipinski definition) is 0. The summed E-state index contributed by atoms with van der Waals surface area (Å²) in [6, 6.07) is 23.7. The van der Waals surface area contributed by atoms with E-state index in [1.807, 2.05) is 61.5 Å². The van der Waals surface area contributed by atoms with Crippen molar-refractivity contribution in [1.82, 2.24) is 0 Å². The highest BCUT2D eigenvalue weighted by atomic mass is 16.6. The molecule has 1 heterocycles. The first kappa shape index (κ1) is 19.5. The fourth-order valence-corrected chi connectivity index (χ4v) is 3.45. The number of esters is 1. The third kappa shape index (κ3) is 3.82. The number of rotatable bonds is 5. The van der Waals surface area contributed by atoms with Gasteiger partial charge in [0.05, 0.1) is 12.5 Å². The smallest absolute Gasteiger partial charge is 0.351 e. The van der Waals surface area contributed by atoms with E-state index in [2.05, 4.69) is 0 Å². The summed E-state index contributed by atoms with van der Waals surface area (Å²) in [5, 5.41) is 0.622. The van der Waals surface area contributed by atoms with E-state index in [0.717, 1.165) is 11.1 Å². The Labute approximate surface area is 173 Å². The Hall–Kier alpha value is -3.86. The molecular weight excluding hydrogens is 380 g/mol. The molecule has 0 saturated carbocycles. The van der Waals surface area contributed by atoms with Gasteiger partial charge in [0.15, 0.2) is 0 Å². The minimum absolute atomic E-state index is 0.396. The molecule has 0 fully saturated rings. The predicted molar refractivity (Wildman–Crippen MR) is 114 cm³/mol. The first-order chi connectivity index (χ1) is 14.6. The van der Waals surface area contributed by atoms with Crippen molar-refractivity contribution in [3.05, 3.63) is 100 Å². The highest BCUT2D eigenvalue weighted by Gasteiger charge is 2.25. The fraction of sp³-hybridized carbons (Fsp3) is 0.120. The molecule has 4 rings (SSSR count). The molecule has 0 bridgehead atoms. The minimum atomic E-state index is -0.961. The topological polar surface area (TPSA) is 65.7 Å². The number of carbonyl (C=O) groups is 1. The first-order valence-corrected chi connectivity index (χ1v) is 9.50. The van der Waals surface area contributed by atoms with E-state index in [-0.39, 0.29) is 0 Å². The van der Waals surface area contributed by atoms with Crippen LogP contribution in [0.5, 0.6) is 5.75 Å². The molecular formula is C25H20O5. The zero-order valence-corrected chi connectivity index (χ0v) is 16.6. The molecule has 1 aromatic heterocycles. The Morgan fingerprint density at radius 1 is 0.933 bits per heavy atom. The normalized spacial score (nSPS) is 11.8. The standard InChI is InChI=1S/C25H20O5/c1-16-13-20-23(19(15-22(26)29-20)17-9-5-3-6-10-17)21(14-16)30-24(25(27)28-2)18-11-7-4-8-12-18/h3-15,24H,1-2H3/t24-/m1/s1. The maximum atomic E-state index is 12.5. The van der Waals surface area contributed by atoms with Gasteiger partial charge >= 0.3 is 11.6 Å². The highest BCUT2D eigenvalue weighted by Crippen LogP contribution is 2.37. The fourth-order valence-electron chi connectivity index (χ4n) is 3.45. The zero-order valence-electron chi connectivity index (χ0n) is 16.6. The molecule has 4 aromatic rings. The van der Waals surface area contributed by atoms with Crippen LogP contribution in [-0.2, 0) is 9.53 Å². The van der Waals surface area contributed by atoms with Gasteiger partial charge in [-0.15, -0.1) is 0 Å². The summed E-state index contributed by atoms with van der Waals surface area (Å²) >= 11 is 0. The lowest BCUT2D eigenvalue weighted by Gasteiger charge is -2.20. The Morgan fingerprint density at radius 2 is 1.60 bits per heavy atom. The number of ether oxygens (including phenoxy) is 2. The minimum Gasteiger partial charge on any atom is -0.473 e. The van der Waals surface area contributed by atoms with E-state index in [1.165, 1.54) is 13.2 Å². The SMILES string of the molecule is COC(=O)[C@H](Oc1cc(C)cc2oc(=O)cc(-c3ccccc3)c12)c1ccccc1. The van der Waals surface area contributed by atoms with Crippen LogP contribution in [0.1, 0.15) is 17.2 Å². The van der Waals surface area contributed by atoms with Crippen molar-refractivity contribution in [3.8, 4) is 16.9 Å². The summed E-state index contributed by atoms with van der Waals surface area (Å²) in [5.74, 6) is -0.0821. The first-order valence-electron chi connectivity index (χ1n) is 9.50. The molecule has 0 aliphatic carbocycles. The molecule has 0 spiro atoms.